The summed E-state index contributed by atoms with van der Waals surface area (Å²) in [7, 11) is -3.90. The lowest BCUT2D eigenvalue weighted by atomic mass is 10.3. The van der Waals surface area contributed by atoms with Crippen LogP contribution in [0.1, 0.15) is 10.5 Å². The number of carbonyl (C=O) groups excluding carboxylic acids is 1. The normalized spacial score (nSPS) is 11.2. The van der Waals surface area contributed by atoms with Gasteiger partial charge in [0.2, 0.25) is 10.0 Å². The number of rotatable bonds is 3. The Morgan fingerprint density at radius 2 is 2.00 bits per heavy atom. The average molecular weight is 391 g/mol. The number of sulfonamides is 1. The first-order valence-electron chi connectivity index (χ1n) is 5.52. The smallest absolute Gasteiger partial charge is 0.274 e. The van der Waals surface area contributed by atoms with Crippen LogP contribution in [0, 0.1) is 0 Å². The fourth-order valence-corrected chi connectivity index (χ4v) is 2.84. The van der Waals surface area contributed by atoms with Gasteiger partial charge < -0.3 is 5.32 Å². The van der Waals surface area contributed by atoms with Crippen LogP contribution in [0.5, 0.6) is 0 Å². The largest absolute Gasteiger partial charge is 0.321 e. The summed E-state index contributed by atoms with van der Waals surface area (Å²) < 4.78 is 23.2. The van der Waals surface area contributed by atoms with Crippen molar-refractivity contribution in [2.24, 2.45) is 5.14 Å². The number of nitrogens with zero attached hydrogens (tertiary/aromatic N) is 1. The number of nitrogens with two attached hydrogens (primary N) is 1. The Kier molecular flexibility index (Phi) is 4.62. The van der Waals surface area contributed by atoms with Gasteiger partial charge in [-0.2, -0.15) is 0 Å². The van der Waals surface area contributed by atoms with Crippen molar-refractivity contribution in [3.8, 4) is 0 Å². The van der Waals surface area contributed by atoms with Gasteiger partial charge in [0.1, 0.15) is 10.6 Å². The van der Waals surface area contributed by atoms with E-state index in [2.05, 4.69) is 26.2 Å². The summed E-state index contributed by atoms with van der Waals surface area (Å²) in [4.78, 5) is 15.7. The zero-order chi connectivity index (χ0) is 15.6. The maximum absolute atomic E-state index is 11.9. The maximum atomic E-state index is 11.9. The lowest BCUT2D eigenvalue weighted by Crippen LogP contribution is -2.15. The van der Waals surface area contributed by atoms with Gasteiger partial charge in [0, 0.05) is 16.4 Å². The second kappa shape index (κ2) is 6.10. The highest BCUT2D eigenvalue weighted by atomic mass is 79.9. The van der Waals surface area contributed by atoms with E-state index in [9.17, 15) is 13.2 Å². The lowest BCUT2D eigenvalue weighted by molar-refractivity contribution is 0.102. The van der Waals surface area contributed by atoms with Crippen LogP contribution in [0.4, 0.5) is 5.69 Å². The molecule has 3 N–H and O–H groups in total. The van der Waals surface area contributed by atoms with Gasteiger partial charge in [-0.05, 0) is 46.3 Å². The van der Waals surface area contributed by atoms with Crippen molar-refractivity contribution in [1.29, 1.82) is 0 Å². The summed E-state index contributed by atoms with van der Waals surface area (Å²) in [6.45, 7) is 0. The highest BCUT2D eigenvalue weighted by Crippen LogP contribution is 2.24. The number of hydrogen-bond acceptors (Lipinski definition) is 4. The molecule has 6 nitrogen and oxygen atoms in total. The van der Waals surface area contributed by atoms with Crippen molar-refractivity contribution in [3.05, 3.63) is 51.7 Å². The lowest BCUT2D eigenvalue weighted by Gasteiger charge is -2.07. The van der Waals surface area contributed by atoms with Crippen LogP contribution in [0.15, 0.2) is 45.9 Å². The van der Waals surface area contributed by atoms with E-state index in [1.165, 1.54) is 24.4 Å². The van der Waals surface area contributed by atoms with E-state index in [0.717, 1.165) is 4.47 Å². The minimum atomic E-state index is -3.90. The number of hydrogen-bond donors (Lipinski definition) is 2. The molecule has 0 atom stereocenters. The number of carbonyl (C=O) groups is 1. The zero-order valence-corrected chi connectivity index (χ0v) is 13.5. The summed E-state index contributed by atoms with van der Waals surface area (Å²) in [5.41, 5.74) is 0.548. The van der Waals surface area contributed by atoms with E-state index >= 15 is 0 Å². The van der Waals surface area contributed by atoms with Crippen molar-refractivity contribution in [2.45, 2.75) is 4.90 Å². The average Bonchev–Trinajstić information content (AvgIpc) is 2.37. The Balaban J connectivity index is 2.22. The van der Waals surface area contributed by atoms with Crippen LogP contribution in [0.25, 0.3) is 0 Å². The predicted molar refractivity (Wildman–Crippen MR) is 82.7 cm³/mol. The second-order valence-corrected chi connectivity index (χ2v) is 6.86. The highest BCUT2D eigenvalue weighted by Gasteiger charge is 2.14. The van der Waals surface area contributed by atoms with E-state index < -0.39 is 15.9 Å². The molecule has 9 heteroatoms. The number of anilines is 1. The molecule has 21 heavy (non-hydrogen) atoms. The van der Waals surface area contributed by atoms with Crippen LogP contribution >= 0.6 is 27.5 Å². The molecular formula is C12H9BrClN3O3S. The van der Waals surface area contributed by atoms with Gasteiger partial charge in [0.05, 0.1) is 5.02 Å². The Labute approximate surface area is 134 Å². The minimum Gasteiger partial charge on any atom is -0.321 e. The molecule has 0 unspecified atom stereocenters. The van der Waals surface area contributed by atoms with Gasteiger partial charge >= 0.3 is 0 Å². The monoisotopic (exact) mass is 389 g/mol. The van der Waals surface area contributed by atoms with Gasteiger partial charge in [-0.15, -0.1) is 0 Å². The van der Waals surface area contributed by atoms with Gasteiger partial charge in [-0.1, -0.05) is 11.6 Å². The highest BCUT2D eigenvalue weighted by molar-refractivity contribution is 9.10. The first-order valence-corrected chi connectivity index (χ1v) is 8.24. The molecule has 0 radical (unpaired) electrons. The summed E-state index contributed by atoms with van der Waals surface area (Å²) in [6.07, 6.45) is 1.49. The number of nitrogens with one attached hydrogen (secondary N) is 1. The molecule has 0 saturated heterocycles. The summed E-state index contributed by atoms with van der Waals surface area (Å²) >= 11 is 9.05. The zero-order valence-electron chi connectivity index (χ0n) is 10.4. The quantitative estimate of drug-likeness (QED) is 0.840. The number of amides is 1. The summed E-state index contributed by atoms with van der Waals surface area (Å²) in [6, 6.07) is 7.14. The van der Waals surface area contributed by atoms with E-state index in [4.69, 9.17) is 16.7 Å². The number of aromatic nitrogens is 1. The van der Waals surface area contributed by atoms with Gasteiger partial charge in [-0.3, -0.25) is 4.79 Å². The van der Waals surface area contributed by atoms with Crippen molar-refractivity contribution in [2.75, 3.05) is 5.32 Å². The third-order valence-electron chi connectivity index (χ3n) is 2.46. The molecule has 1 aromatic heterocycles. The van der Waals surface area contributed by atoms with Crippen molar-refractivity contribution >= 4 is 49.1 Å². The maximum Gasteiger partial charge on any atom is 0.274 e. The number of pyridine rings is 1. The predicted octanol–water partition coefficient (Wildman–Crippen LogP) is 2.40. The first kappa shape index (κ1) is 15.9. The van der Waals surface area contributed by atoms with Gasteiger partial charge in [0.15, 0.2) is 0 Å². The molecule has 1 amide bonds. The molecule has 0 fully saturated rings. The topological polar surface area (TPSA) is 102 Å². The van der Waals surface area contributed by atoms with E-state index in [0.29, 0.717) is 5.69 Å². The van der Waals surface area contributed by atoms with Crippen molar-refractivity contribution < 1.29 is 13.2 Å². The molecule has 0 spiro atoms. The molecule has 0 aliphatic heterocycles. The van der Waals surface area contributed by atoms with Crippen LogP contribution in [0.2, 0.25) is 5.02 Å². The third kappa shape index (κ3) is 4.01. The SMILES string of the molecule is NS(=O)(=O)c1ccc(NC(=O)c2ccc(Br)cn2)cc1Cl. The Bertz CT molecular complexity index is 794. The van der Waals surface area contributed by atoms with Crippen LogP contribution < -0.4 is 10.5 Å². The van der Waals surface area contributed by atoms with E-state index in [-0.39, 0.29) is 15.6 Å². The van der Waals surface area contributed by atoms with Crippen LogP contribution in [0.3, 0.4) is 0 Å². The van der Waals surface area contributed by atoms with E-state index in [1.54, 1.807) is 12.1 Å². The van der Waals surface area contributed by atoms with Crippen LogP contribution in [-0.2, 0) is 10.0 Å². The van der Waals surface area contributed by atoms with Gasteiger partial charge in [0.25, 0.3) is 5.91 Å². The molecular weight excluding hydrogens is 382 g/mol. The molecule has 110 valence electrons. The molecule has 0 aliphatic rings. The summed E-state index contributed by atoms with van der Waals surface area (Å²) in [5.74, 6) is -0.443. The van der Waals surface area contributed by atoms with Crippen molar-refractivity contribution in [3.63, 3.8) is 0 Å². The molecule has 2 rings (SSSR count). The molecule has 0 bridgehead atoms. The molecule has 1 heterocycles. The molecule has 1 aromatic carbocycles. The second-order valence-electron chi connectivity index (χ2n) is 4.01. The number of halogens is 2. The van der Waals surface area contributed by atoms with Gasteiger partial charge in [-0.25, -0.2) is 18.5 Å². The molecule has 0 saturated carbocycles. The fourth-order valence-electron chi connectivity index (χ4n) is 1.51. The standard InChI is InChI=1S/C12H9BrClN3O3S/c13-7-1-3-10(16-6-7)12(18)17-8-2-4-11(9(14)5-8)21(15,19)20/h1-6H,(H,17,18)(H2,15,19,20). The minimum absolute atomic E-state index is 0.0703. The molecule has 0 aliphatic carbocycles. The first-order chi connectivity index (χ1) is 9.77. The third-order valence-corrected chi connectivity index (χ3v) is 4.32. The van der Waals surface area contributed by atoms with E-state index in [1.807, 2.05) is 0 Å². The number of benzene rings is 1. The Hall–Kier alpha value is -1.48. The van der Waals surface area contributed by atoms with Crippen LogP contribution in [-0.4, -0.2) is 19.3 Å². The fraction of sp³-hybridized carbons (Fsp3) is 0. The Morgan fingerprint density at radius 1 is 1.29 bits per heavy atom. The number of primary sulfonamides is 1. The molecule has 2 aromatic rings. The van der Waals surface area contributed by atoms with Crippen molar-refractivity contribution in [1.82, 2.24) is 4.98 Å². The Morgan fingerprint density at radius 3 is 2.52 bits per heavy atom. The summed E-state index contributed by atoms with van der Waals surface area (Å²) in [5, 5.41) is 7.49.